The molecule has 1 unspecified atom stereocenters. The van der Waals surface area contributed by atoms with Crippen molar-refractivity contribution in [2.45, 2.75) is 19.1 Å². The Hall–Kier alpha value is -1.37. The summed E-state index contributed by atoms with van der Waals surface area (Å²) in [4.78, 5) is 0. The van der Waals surface area contributed by atoms with Gasteiger partial charge < -0.3 is 10.8 Å². The van der Waals surface area contributed by atoms with Crippen molar-refractivity contribution >= 4 is 0 Å². The Morgan fingerprint density at radius 1 is 1.46 bits per heavy atom. The van der Waals surface area contributed by atoms with Crippen molar-refractivity contribution in [2.24, 2.45) is 5.73 Å². The van der Waals surface area contributed by atoms with E-state index in [0.29, 0.717) is 0 Å². The van der Waals surface area contributed by atoms with Crippen LogP contribution in [0.1, 0.15) is 23.6 Å². The van der Waals surface area contributed by atoms with Gasteiger partial charge in [-0.25, -0.2) is 0 Å². The second-order valence-corrected chi connectivity index (χ2v) is 2.83. The molecule has 1 aromatic carbocycles. The molecular weight excluding hydrogens is 164 g/mol. The number of hydrogen-bond acceptors (Lipinski definition) is 3. The second kappa shape index (κ2) is 4.61. The summed E-state index contributed by atoms with van der Waals surface area (Å²) in [5, 5.41) is 17.5. The predicted octanol–water partition coefficient (Wildman–Crippen LogP) is 1.09. The van der Waals surface area contributed by atoms with Gasteiger partial charge in [-0.3, -0.25) is 0 Å². The Labute approximate surface area is 77.4 Å². The van der Waals surface area contributed by atoms with Gasteiger partial charge in [-0.2, -0.15) is 5.26 Å². The van der Waals surface area contributed by atoms with E-state index in [2.05, 4.69) is 0 Å². The Balaban J connectivity index is 2.93. The monoisotopic (exact) mass is 176 g/mol. The molecule has 0 saturated carbocycles. The third kappa shape index (κ3) is 2.28. The number of nitrogens with zero attached hydrogens (tertiary/aromatic N) is 1. The molecule has 0 spiro atoms. The zero-order valence-corrected chi connectivity index (χ0v) is 7.27. The molecule has 3 nitrogen and oxygen atoms in total. The minimum absolute atomic E-state index is 0.0324. The van der Waals surface area contributed by atoms with Gasteiger partial charge in [-0.1, -0.05) is 24.3 Å². The topological polar surface area (TPSA) is 70.0 Å². The van der Waals surface area contributed by atoms with Crippen LogP contribution in [0.25, 0.3) is 0 Å². The van der Waals surface area contributed by atoms with Gasteiger partial charge in [-0.05, 0) is 11.1 Å². The van der Waals surface area contributed by atoms with Crippen LogP contribution in [0.15, 0.2) is 24.3 Å². The molecule has 3 heteroatoms. The molecule has 68 valence electrons. The van der Waals surface area contributed by atoms with Crippen LogP contribution >= 0.6 is 0 Å². The zero-order chi connectivity index (χ0) is 9.68. The highest BCUT2D eigenvalue weighted by Gasteiger charge is 2.08. The molecule has 3 N–H and O–H groups in total. The quantitative estimate of drug-likeness (QED) is 0.724. The molecule has 0 aliphatic heterocycles. The fraction of sp³-hybridized carbons (Fsp3) is 0.300. The first kappa shape index (κ1) is 9.72. The molecule has 1 atom stereocenters. The fourth-order valence-corrected chi connectivity index (χ4v) is 1.25. The SMILES string of the molecule is N#CCC(N)c1ccccc1CO. The number of rotatable bonds is 3. The maximum Gasteiger partial charge on any atom is 0.0685 e. The van der Waals surface area contributed by atoms with Crippen LogP contribution < -0.4 is 5.73 Å². The summed E-state index contributed by atoms with van der Waals surface area (Å²) in [6, 6.07) is 9.06. The predicted molar refractivity (Wildman–Crippen MR) is 49.5 cm³/mol. The van der Waals surface area contributed by atoms with E-state index in [1.807, 2.05) is 30.3 Å². The summed E-state index contributed by atoms with van der Waals surface area (Å²) in [6.07, 6.45) is 0.275. The summed E-state index contributed by atoms with van der Waals surface area (Å²) < 4.78 is 0. The molecule has 0 aliphatic carbocycles. The van der Waals surface area contributed by atoms with Crippen molar-refractivity contribution in [1.82, 2.24) is 0 Å². The average molecular weight is 176 g/mol. The van der Waals surface area contributed by atoms with E-state index in [0.717, 1.165) is 11.1 Å². The van der Waals surface area contributed by atoms with E-state index in [9.17, 15) is 0 Å². The van der Waals surface area contributed by atoms with Crippen LogP contribution in [0, 0.1) is 11.3 Å². The number of hydrogen-bond donors (Lipinski definition) is 2. The van der Waals surface area contributed by atoms with Crippen molar-refractivity contribution in [1.29, 1.82) is 5.26 Å². The Morgan fingerprint density at radius 3 is 2.77 bits per heavy atom. The lowest BCUT2D eigenvalue weighted by molar-refractivity contribution is 0.280. The minimum Gasteiger partial charge on any atom is -0.392 e. The first-order valence-corrected chi connectivity index (χ1v) is 4.10. The zero-order valence-electron chi connectivity index (χ0n) is 7.27. The van der Waals surface area contributed by atoms with E-state index in [-0.39, 0.29) is 19.1 Å². The molecule has 0 heterocycles. The van der Waals surface area contributed by atoms with Crippen molar-refractivity contribution in [3.8, 4) is 6.07 Å². The molecule has 0 radical (unpaired) electrons. The van der Waals surface area contributed by atoms with Crippen LogP contribution in [0.2, 0.25) is 0 Å². The van der Waals surface area contributed by atoms with Gasteiger partial charge in [0.05, 0.1) is 19.1 Å². The highest BCUT2D eigenvalue weighted by Crippen LogP contribution is 2.18. The third-order valence-corrected chi connectivity index (χ3v) is 1.94. The second-order valence-electron chi connectivity index (χ2n) is 2.83. The van der Waals surface area contributed by atoms with E-state index in [1.54, 1.807) is 0 Å². The number of aliphatic hydroxyl groups excluding tert-OH is 1. The molecular formula is C10H12N2O. The number of aliphatic hydroxyl groups is 1. The molecule has 1 rings (SSSR count). The molecule has 0 amide bonds. The molecule has 0 fully saturated rings. The molecule has 0 saturated heterocycles. The van der Waals surface area contributed by atoms with Gasteiger partial charge in [0.15, 0.2) is 0 Å². The average Bonchev–Trinajstić information content (AvgIpc) is 2.18. The highest BCUT2D eigenvalue weighted by molar-refractivity contribution is 5.29. The van der Waals surface area contributed by atoms with Crippen LogP contribution in [-0.2, 0) is 6.61 Å². The van der Waals surface area contributed by atoms with Crippen LogP contribution in [0.4, 0.5) is 0 Å². The number of nitriles is 1. The number of benzene rings is 1. The maximum absolute atomic E-state index is 9.00. The summed E-state index contributed by atoms with van der Waals surface area (Å²) in [7, 11) is 0. The Morgan fingerprint density at radius 2 is 2.15 bits per heavy atom. The van der Waals surface area contributed by atoms with Gasteiger partial charge in [0.1, 0.15) is 0 Å². The largest absolute Gasteiger partial charge is 0.392 e. The summed E-state index contributed by atoms with van der Waals surface area (Å²) >= 11 is 0. The molecule has 0 bridgehead atoms. The first-order chi connectivity index (χ1) is 6.29. The lowest BCUT2D eigenvalue weighted by Crippen LogP contribution is -2.11. The van der Waals surface area contributed by atoms with Gasteiger partial charge in [0.2, 0.25) is 0 Å². The standard InChI is InChI=1S/C10H12N2O/c11-6-5-10(12)9-4-2-1-3-8(9)7-13/h1-4,10,13H,5,7,12H2. The Bertz CT molecular complexity index is 317. The van der Waals surface area contributed by atoms with Crippen molar-refractivity contribution < 1.29 is 5.11 Å². The summed E-state index contributed by atoms with van der Waals surface area (Å²) in [6.45, 7) is -0.0324. The van der Waals surface area contributed by atoms with E-state index in [4.69, 9.17) is 16.1 Å². The first-order valence-electron chi connectivity index (χ1n) is 4.10. The lowest BCUT2D eigenvalue weighted by Gasteiger charge is -2.11. The lowest BCUT2D eigenvalue weighted by atomic mass is 10.00. The molecule has 1 aromatic rings. The van der Waals surface area contributed by atoms with Crippen LogP contribution in [0.5, 0.6) is 0 Å². The summed E-state index contributed by atoms with van der Waals surface area (Å²) in [5.74, 6) is 0. The van der Waals surface area contributed by atoms with Crippen molar-refractivity contribution in [3.05, 3.63) is 35.4 Å². The van der Waals surface area contributed by atoms with Crippen LogP contribution in [-0.4, -0.2) is 5.11 Å². The van der Waals surface area contributed by atoms with Gasteiger partial charge in [0.25, 0.3) is 0 Å². The highest BCUT2D eigenvalue weighted by atomic mass is 16.3. The minimum atomic E-state index is -0.298. The van der Waals surface area contributed by atoms with Gasteiger partial charge in [-0.15, -0.1) is 0 Å². The van der Waals surface area contributed by atoms with Gasteiger partial charge in [0, 0.05) is 6.04 Å². The maximum atomic E-state index is 9.00. The van der Waals surface area contributed by atoms with E-state index >= 15 is 0 Å². The fourth-order valence-electron chi connectivity index (χ4n) is 1.25. The van der Waals surface area contributed by atoms with Crippen molar-refractivity contribution in [3.63, 3.8) is 0 Å². The van der Waals surface area contributed by atoms with E-state index < -0.39 is 0 Å². The molecule has 0 aliphatic rings. The van der Waals surface area contributed by atoms with Gasteiger partial charge >= 0.3 is 0 Å². The van der Waals surface area contributed by atoms with E-state index in [1.165, 1.54) is 0 Å². The summed E-state index contributed by atoms with van der Waals surface area (Å²) in [5.41, 5.74) is 7.40. The molecule has 13 heavy (non-hydrogen) atoms. The number of nitrogens with two attached hydrogens (primary N) is 1. The normalized spacial score (nSPS) is 12.1. The van der Waals surface area contributed by atoms with Crippen molar-refractivity contribution in [2.75, 3.05) is 0 Å². The smallest absolute Gasteiger partial charge is 0.0685 e. The third-order valence-electron chi connectivity index (χ3n) is 1.94. The Kier molecular flexibility index (Phi) is 3.44. The van der Waals surface area contributed by atoms with Crippen LogP contribution in [0.3, 0.4) is 0 Å². The molecule has 0 aromatic heterocycles.